The van der Waals surface area contributed by atoms with Crippen LogP contribution in [0.15, 0.2) is 66.7 Å². The number of aromatic nitrogens is 1. The fraction of sp³-hybridized carbons (Fsp3) is 0.0833. The summed E-state index contributed by atoms with van der Waals surface area (Å²) in [4.78, 5) is 28.5. The van der Waals surface area contributed by atoms with Gasteiger partial charge in [-0.25, -0.2) is 4.39 Å². The molecule has 2 amide bonds. The molecule has 0 bridgehead atoms. The second kappa shape index (κ2) is 7.83. The number of fused-ring (bicyclic) bond motifs is 1. The number of benzene rings is 3. The Kier molecular flexibility index (Phi) is 5.06. The molecule has 6 heteroatoms. The maximum Gasteiger partial charge on any atom is 0.255 e. The number of halogens is 1. The van der Waals surface area contributed by atoms with Crippen molar-refractivity contribution in [2.75, 3.05) is 10.6 Å². The number of carbonyl (C=O) groups is 2. The van der Waals surface area contributed by atoms with Crippen molar-refractivity contribution < 1.29 is 14.0 Å². The van der Waals surface area contributed by atoms with Gasteiger partial charge >= 0.3 is 0 Å². The summed E-state index contributed by atoms with van der Waals surface area (Å²) in [5, 5.41) is 6.48. The van der Waals surface area contributed by atoms with E-state index in [9.17, 15) is 14.0 Å². The average molecular weight is 401 g/mol. The van der Waals surface area contributed by atoms with Crippen LogP contribution >= 0.6 is 0 Å². The summed E-state index contributed by atoms with van der Waals surface area (Å²) < 4.78 is 13.3. The third kappa shape index (κ3) is 3.93. The lowest BCUT2D eigenvalue weighted by molar-refractivity contribution is 0.101. The van der Waals surface area contributed by atoms with Crippen LogP contribution in [0.5, 0.6) is 0 Å². The van der Waals surface area contributed by atoms with Crippen molar-refractivity contribution in [2.45, 2.75) is 13.8 Å². The Morgan fingerprint density at radius 2 is 1.43 bits per heavy atom. The Labute approximate surface area is 172 Å². The fourth-order valence-electron chi connectivity index (χ4n) is 3.31. The highest BCUT2D eigenvalue weighted by atomic mass is 19.1. The number of rotatable bonds is 4. The van der Waals surface area contributed by atoms with Crippen LogP contribution in [-0.4, -0.2) is 16.8 Å². The Morgan fingerprint density at radius 1 is 0.800 bits per heavy atom. The zero-order valence-electron chi connectivity index (χ0n) is 16.5. The van der Waals surface area contributed by atoms with Crippen LogP contribution in [0.25, 0.3) is 10.9 Å². The molecule has 0 aliphatic rings. The van der Waals surface area contributed by atoms with Gasteiger partial charge in [-0.2, -0.15) is 0 Å². The summed E-state index contributed by atoms with van der Waals surface area (Å²) in [6.45, 7) is 4.01. The first-order chi connectivity index (χ1) is 14.4. The number of amides is 2. The van der Waals surface area contributed by atoms with Gasteiger partial charge in [-0.3, -0.25) is 9.59 Å². The van der Waals surface area contributed by atoms with E-state index in [4.69, 9.17) is 0 Å². The number of nitrogens with one attached hydrogen (secondary N) is 3. The molecular formula is C24H20FN3O2. The number of hydrogen-bond donors (Lipinski definition) is 3. The van der Waals surface area contributed by atoms with Crippen molar-refractivity contribution in [1.29, 1.82) is 0 Å². The van der Waals surface area contributed by atoms with Crippen LogP contribution in [0.1, 0.15) is 32.0 Å². The quantitative estimate of drug-likeness (QED) is 0.427. The van der Waals surface area contributed by atoms with Gasteiger partial charge in [-0.1, -0.05) is 12.1 Å². The van der Waals surface area contributed by atoms with E-state index >= 15 is 0 Å². The average Bonchev–Trinajstić information content (AvgIpc) is 3.01. The summed E-state index contributed by atoms with van der Waals surface area (Å²) in [5.41, 5.74) is 4.89. The number of H-pyrrole nitrogens is 1. The molecule has 1 aromatic heterocycles. The van der Waals surface area contributed by atoms with Gasteiger partial charge in [0.05, 0.1) is 0 Å². The Bertz CT molecular complexity index is 1280. The first-order valence-corrected chi connectivity index (χ1v) is 9.48. The maximum atomic E-state index is 13.3. The summed E-state index contributed by atoms with van der Waals surface area (Å²) in [6, 6.07) is 17.8. The highest BCUT2D eigenvalue weighted by Crippen LogP contribution is 2.23. The molecule has 4 aromatic rings. The van der Waals surface area contributed by atoms with Crippen molar-refractivity contribution in [3.8, 4) is 0 Å². The van der Waals surface area contributed by atoms with E-state index in [2.05, 4.69) is 15.6 Å². The lowest BCUT2D eigenvalue weighted by atomic mass is 10.1. The summed E-state index contributed by atoms with van der Waals surface area (Å²) in [7, 11) is 0. The normalized spacial score (nSPS) is 10.8. The molecule has 0 fully saturated rings. The molecule has 0 spiro atoms. The SMILES string of the molecule is Cc1[nH]c2ccc(C(=O)Nc3cccc(C(=O)Nc4cccc(F)c4)c3)cc2c1C. The van der Waals surface area contributed by atoms with Crippen molar-refractivity contribution >= 4 is 34.1 Å². The van der Waals surface area contributed by atoms with Crippen molar-refractivity contribution in [2.24, 2.45) is 0 Å². The van der Waals surface area contributed by atoms with Gasteiger partial charge in [0.25, 0.3) is 11.8 Å². The molecule has 4 rings (SSSR count). The van der Waals surface area contributed by atoms with Gasteiger partial charge in [-0.15, -0.1) is 0 Å². The van der Waals surface area contributed by atoms with Crippen molar-refractivity contribution in [1.82, 2.24) is 4.98 Å². The van der Waals surface area contributed by atoms with E-state index in [-0.39, 0.29) is 5.91 Å². The molecule has 0 radical (unpaired) electrons. The maximum absolute atomic E-state index is 13.3. The summed E-state index contributed by atoms with van der Waals surface area (Å²) in [5.74, 6) is -1.09. The summed E-state index contributed by atoms with van der Waals surface area (Å²) >= 11 is 0. The van der Waals surface area contributed by atoms with Crippen molar-refractivity contribution in [3.63, 3.8) is 0 Å². The molecule has 0 unspecified atom stereocenters. The lowest BCUT2D eigenvalue weighted by Gasteiger charge is -2.09. The first-order valence-electron chi connectivity index (χ1n) is 9.48. The lowest BCUT2D eigenvalue weighted by Crippen LogP contribution is -2.14. The molecule has 0 saturated carbocycles. The van der Waals surface area contributed by atoms with Crippen LogP contribution in [0.4, 0.5) is 15.8 Å². The highest BCUT2D eigenvalue weighted by molar-refractivity contribution is 6.08. The molecule has 3 aromatic carbocycles. The van der Waals surface area contributed by atoms with E-state index in [0.717, 1.165) is 22.2 Å². The van der Waals surface area contributed by atoms with Gasteiger partial charge in [0.2, 0.25) is 0 Å². The monoisotopic (exact) mass is 401 g/mol. The van der Waals surface area contributed by atoms with Gasteiger partial charge in [-0.05, 0) is 74.0 Å². The van der Waals surface area contributed by atoms with Gasteiger partial charge in [0.15, 0.2) is 0 Å². The zero-order valence-corrected chi connectivity index (χ0v) is 16.5. The summed E-state index contributed by atoms with van der Waals surface area (Å²) in [6.07, 6.45) is 0. The molecule has 0 aliphatic heterocycles. The number of aromatic amines is 1. The van der Waals surface area contributed by atoms with Crippen LogP contribution in [0, 0.1) is 19.7 Å². The first kappa shape index (κ1) is 19.4. The van der Waals surface area contributed by atoms with Crippen LogP contribution < -0.4 is 10.6 Å². The molecule has 0 aliphatic carbocycles. The largest absolute Gasteiger partial charge is 0.358 e. The van der Waals surface area contributed by atoms with E-state index in [1.54, 1.807) is 36.4 Å². The van der Waals surface area contributed by atoms with E-state index < -0.39 is 11.7 Å². The van der Waals surface area contributed by atoms with Crippen LogP contribution in [0.2, 0.25) is 0 Å². The van der Waals surface area contributed by atoms with Crippen LogP contribution in [-0.2, 0) is 0 Å². The van der Waals surface area contributed by atoms with Crippen LogP contribution in [0.3, 0.4) is 0 Å². The zero-order chi connectivity index (χ0) is 21.3. The minimum absolute atomic E-state index is 0.266. The standard InChI is InChI=1S/C24H20FN3O2/c1-14-15(2)26-22-10-9-17(12-21(14)22)24(30)27-19-7-3-5-16(11-19)23(29)28-20-8-4-6-18(25)13-20/h3-13,26H,1-2H3,(H,27,30)(H,28,29). The second-order valence-corrected chi connectivity index (χ2v) is 7.13. The minimum atomic E-state index is -0.432. The predicted molar refractivity (Wildman–Crippen MR) is 117 cm³/mol. The molecule has 5 nitrogen and oxygen atoms in total. The number of carbonyl (C=O) groups excluding carboxylic acids is 2. The van der Waals surface area contributed by atoms with E-state index in [1.807, 2.05) is 26.0 Å². The van der Waals surface area contributed by atoms with Crippen molar-refractivity contribution in [3.05, 3.63) is 94.9 Å². The molecule has 150 valence electrons. The number of hydrogen-bond acceptors (Lipinski definition) is 2. The number of aryl methyl sites for hydroxylation is 2. The smallest absolute Gasteiger partial charge is 0.255 e. The Hall–Kier alpha value is -3.93. The van der Waals surface area contributed by atoms with Gasteiger partial charge < -0.3 is 15.6 Å². The van der Waals surface area contributed by atoms with Gasteiger partial charge in [0, 0.05) is 39.1 Å². The molecule has 0 atom stereocenters. The van der Waals surface area contributed by atoms with Gasteiger partial charge in [0.1, 0.15) is 5.82 Å². The molecule has 30 heavy (non-hydrogen) atoms. The topological polar surface area (TPSA) is 74.0 Å². The number of anilines is 2. The molecule has 0 saturated heterocycles. The second-order valence-electron chi connectivity index (χ2n) is 7.13. The van der Waals surface area contributed by atoms with E-state index in [1.165, 1.54) is 18.2 Å². The Morgan fingerprint density at radius 3 is 2.13 bits per heavy atom. The predicted octanol–water partition coefficient (Wildman–Crippen LogP) is 5.43. The molecular weight excluding hydrogens is 381 g/mol. The Balaban J connectivity index is 1.52. The van der Waals surface area contributed by atoms with E-state index in [0.29, 0.717) is 22.5 Å². The third-order valence-electron chi connectivity index (χ3n) is 5.04. The molecule has 1 heterocycles. The molecule has 3 N–H and O–H groups in total. The highest BCUT2D eigenvalue weighted by Gasteiger charge is 2.12. The fourth-order valence-corrected chi connectivity index (χ4v) is 3.31. The minimum Gasteiger partial charge on any atom is -0.358 e. The third-order valence-corrected chi connectivity index (χ3v) is 5.04.